The quantitative estimate of drug-likeness (QED) is 0.696. The number of hydrogen-bond donors (Lipinski definition) is 0. The zero-order chi connectivity index (χ0) is 14.8. The lowest BCUT2D eigenvalue weighted by molar-refractivity contribution is 0.592. The summed E-state index contributed by atoms with van der Waals surface area (Å²) >= 11 is 5.93. The van der Waals surface area contributed by atoms with E-state index < -0.39 is 0 Å². The predicted octanol–water partition coefficient (Wildman–Crippen LogP) is 2.22. The van der Waals surface area contributed by atoms with E-state index in [9.17, 15) is 9.18 Å². The molecule has 0 amide bonds. The number of aromatic nitrogens is 4. The second-order valence-corrected chi connectivity index (χ2v) is 4.78. The molecular weight excluding hydrogens is 295 g/mol. The number of benzene rings is 1. The molecule has 106 valence electrons. The number of hydrogen-bond acceptors (Lipinski definition) is 4. The van der Waals surface area contributed by atoms with Gasteiger partial charge in [-0.05, 0) is 18.1 Å². The number of rotatable bonds is 3. The Morgan fingerprint density at radius 1 is 1.19 bits per heavy atom. The van der Waals surface area contributed by atoms with Gasteiger partial charge in [0.15, 0.2) is 10.8 Å². The molecule has 1 aromatic carbocycles. The first-order valence-electron chi connectivity index (χ1n) is 6.26. The molecule has 7 heteroatoms. The monoisotopic (exact) mass is 304 g/mol. The molecule has 0 spiro atoms. The van der Waals surface area contributed by atoms with Crippen molar-refractivity contribution in [1.82, 2.24) is 19.5 Å². The van der Waals surface area contributed by atoms with Crippen LogP contribution in [0.25, 0.3) is 11.2 Å². The van der Waals surface area contributed by atoms with E-state index in [1.54, 1.807) is 18.2 Å². The van der Waals surface area contributed by atoms with Crippen molar-refractivity contribution in [2.24, 2.45) is 0 Å². The van der Waals surface area contributed by atoms with Crippen molar-refractivity contribution in [3.63, 3.8) is 0 Å². The summed E-state index contributed by atoms with van der Waals surface area (Å²) in [7, 11) is 0. The van der Waals surface area contributed by atoms with E-state index in [-0.39, 0.29) is 23.1 Å². The lowest BCUT2D eigenvalue weighted by atomic mass is 10.1. The minimum absolute atomic E-state index is 0.180. The number of nitrogens with zero attached hydrogens (tertiary/aromatic N) is 4. The molecule has 3 rings (SSSR count). The maximum absolute atomic E-state index is 13.6. The fraction of sp³-hybridized carbons (Fsp3) is 0.143. The minimum atomic E-state index is -0.311. The van der Waals surface area contributed by atoms with Gasteiger partial charge in [-0.3, -0.25) is 9.36 Å². The van der Waals surface area contributed by atoms with E-state index in [4.69, 9.17) is 11.6 Å². The van der Waals surface area contributed by atoms with Crippen molar-refractivity contribution in [1.29, 1.82) is 0 Å². The third-order valence-corrected chi connectivity index (χ3v) is 3.42. The molecule has 0 fully saturated rings. The SMILES string of the molecule is O=c1cnc2c(Cl)ncnc2n1CCc1ccccc1F. The average Bonchev–Trinajstić information content (AvgIpc) is 2.48. The van der Waals surface area contributed by atoms with Crippen LogP contribution >= 0.6 is 11.6 Å². The molecule has 5 nitrogen and oxygen atoms in total. The topological polar surface area (TPSA) is 60.7 Å². The van der Waals surface area contributed by atoms with Crippen LogP contribution in [0.5, 0.6) is 0 Å². The highest BCUT2D eigenvalue weighted by molar-refractivity contribution is 6.33. The van der Waals surface area contributed by atoms with Gasteiger partial charge in [-0.1, -0.05) is 29.8 Å². The zero-order valence-electron chi connectivity index (χ0n) is 10.8. The van der Waals surface area contributed by atoms with Gasteiger partial charge in [-0.15, -0.1) is 0 Å². The number of halogens is 2. The van der Waals surface area contributed by atoms with Gasteiger partial charge < -0.3 is 0 Å². The van der Waals surface area contributed by atoms with Gasteiger partial charge in [0, 0.05) is 6.54 Å². The summed E-state index contributed by atoms with van der Waals surface area (Å²) in [4.78, 5) is 23.8. The molecule has 2 heterocycles. The van der Waals surface area contributed by atoms with E-state index in [2.05, 4.69) is 15.0 Å². The first-order chi connectivity index (χ1) is 10.2. The van der Waals surface area contributed by atoms with Crippen LogP contribution in [0.4, 0.5) is 4.39 Å². The molecule has 0 saturated heterocycles. The molecule has 0 aliphatic heterocycles. The summed E-state index contributed by atoms with van der Waals surface area (Å²) in [6.45, 7) is 0.284. The van der Waals surface area contributed by atoms with E-state index >= 15 is 0 Å². The summed E-state index contributed by atoms with van der Waals surface area (Å²) in [6, 6.07) is 6.46. The van der Waals surface area contributed by atoms with Crippen molar-refractivity contribution < 1.29 is 4.39 Å². The third kappa shape index (κ3) is 2.62. The molecule has 0 bridgehead atoms. The van der Waals surface area contributed by atoms with Gasteiger partial charge in [0.25, 0.3) is 5.56 Å². The first kappa shape index (κ1) is 13.6. The highest BCUT2D eigenvalue weighted by atomic mass is 35.5. The van der Waals surface area contributed by atoms with Gasteiger partial charge in [0.2, 0.25) is 0 Å². The zero-order valence-corrected chi connectivity index (χ0v) is 11.6. The van der Waals surface area contributed by atoms with Crippen LogP contribution in [0.1, 0.15) is 5.56 Å². The molecule has 0 unspecified atom stereocenters. The Morgan fingerprint density at radius 2 is 2.00 bits per heavy atom. The summed E-state index contributed by atoms with van der Waals surface area (Å²) in [5.74, 6) is -0.295. The lowest BCUT2D eigenvalue weighted by Gasteiger charge is -2.09. The van der Waals surface area contributed by atoms with Crippen molar-refractivity contribution in [2.75, 3.05) is 0 Å². The van der Waals surface area contributed by atoms with Crippen LogP contribution in [-0.2, 0) is 13.0 Å². The molecule has 0 radical (unpaired) electrons. The Kier molecular flexibility index (Phi) is 3.62. The molecule has 0 saturated carbocycles. The van der Waals surface area contributed by atoms with Gasteiger partial charge in [-0.2, -0.15) is 0 Å². The Morgan fingerprint density at radius 3 is 2.81 bits per heavy atom. The van der Waals surface area contributed by atoms with Gasteiger partial charge in [0.05, 0.1) is 6.20 Å². The number of fused-ring (bicyclic) bond motifs is 1. The van der Waals surface area contributed by atoms with E-state index in [1.165, 1.54) is 23.2 Å². The third-order valence-electron chi connectivity index (χ3n) is 3.15. The summed E-state index contributed by atoms with van der Waals surface area (Å²) in [5, 5.41) is 0.180. The van der Waals surface area contributed by atoms with Gasteiger partial charge in [-0.25, -0.2) is 19.3 Å². The maximum atomic E-state index is 13.6. The fourth-order valence-electron chi connectivity index (χ4n) is 2.10. The molecule has 2 aromatic heterocycles. The van der Waals surface area contributed by atoms with Crippen molar-refractivity contribution in [2.45, 2.75) is 13.0 Å². The molecule has 0 N–H and O–H groups in total. The van der Waals surface area contributed by atoms with Crippen LogP contribution < -0.4 is 5.56 Å². The van der Waals surface area contributed by atoms with Crippen molar-refractivity contribution in [3.05, 3.63) is 63.7 Å². The Bertz CT molecular complexity index is 865. The molecular formula is C14H10ClFN4O. The minimum Gasteiger partial charge on any atom is -0.290 e. The Hall–Kier alpha value is -2.34. The maximum Gasteiger partial charge on any atom is 0.270 e. The molecule has 0 atom stereocenters. The van der Waals surface area contributed by atoms with Crippen LogP contribution in [0.15, 0.2) is 41.6 Å². The summed E-state index contributed by atoms with van der Waals surface area (Å²) in [5.41, 5.74) is 0.925. The number of aryl methyl sites for hydroxylation is 2. The first-order valence-corrected chi connectivity index (χ1v) is 6.64. The van der Waals surface area contributed by atoms with Crippen molar-refractivity contribution in [3.8, 4) is 0 Å². The highest BCUT2D eigenvalue weighted by Crippen LogP contribution is 2.15. The second kappa shape index (κ2) is 5.57. The predicted molar refractivity (Wildman–Crippen MR) is 76.7 cm³/mol. The van der Waals surface area contributed by atoms with Gasteiger partial charge >= 0.3 is 0 Å². The fourth-order valence-corrected chi connectivity index (χ4v) is 2.28. The average molecular weight is 305 g/mol. The largest absolute Gasteiger partial charge is 0.290 e. The van der Waals surface area contributed by atoms with Crippen molar-refractivity contribution >= 4 is 22.8 Å². The van der Waals surface area contributed by atoms with E-state index in [0.717, 1.165) is 0 Å². The summed E-state index contributed by atoms with van der Waals surface area (Å²) < 4.78 is 15.0. The van der Waals surface area contributed by atoms with Crippen LogP contribution in [-0.4, -0.2) is 19.5 Å². The van der Waals surface area contributed by atoms with Gasteiger partial charge in [0.1, 0.15) is 17.7 Å². The summed E-state index contributed by atoms with van der Waals surface area (Å²) in [6.07, 6.45) is 2.80. The van der Waals surface area contributed by atoms with Crippen LogP contribution in [0.2, 0.25) is 5.15 Å². The molecule has 21 heavy (non-hydrogen) atoms. The standard InChI is InChI=1S/C14H10ClFN4O/c15-13-12-14(19-8-18-13)20(11(21)7-17-12)6-5-9-3-1-2-4-10(9)16/h1-4,7-8H,5-6H2. The smallest absolute Gasteiger partial charge is 0.270 e. The Labute approximate surface area is 124 Å². The second-order valence-electron chi connectivity index (χ2n) is 4.43. The van der Waals surface area contributed by atoms with Crippen LogP contribution in [0, 0.1) is 5.82 Å². The normalized spacial score (nSPS) is 11.0. The lowest BCUT2D eigenvalue weighted by Crippen LogP contribution is -2.22. The Balaban J connectivity index is 2.01. The van der Waals surface area contributed by atoms with E-state index in [1.807, 2.05) is 0 Å². The van der Waals surface area contributed by atoms with Crippen LogP contribution in [0.3, 0.4) is 0 Å². The molecule has 3 aromatic rings. The van der Waals surface area contributed by atoms with E-state index in [0.29, 0.717) is 23.1 Å². The highest BCUT2D eigenvalue weighted by Gasteiger charge is 2.10. The molecule has 0 aliphatic rings. The molecule has 0 aliphatic carbocycles.